The van der Waals surface area contributed by atoms with Gasteiger partial charge in [-0.1, -0.05) is 48.5 Å². The average molecular weight is 490 g/mol. The molecule has 1 N–H and O–H groups in total. The normalized spacial score (nSPS) is 15.1. The number of fused-ring (bicyclic) bond motifs is 2. The summed E-state index contributed by atoms with van der Waals surface area (Å²) in [5.41, 5.74) is 3.37. The number of nitrogens with one attached hydrogen (secondary N) is 1. The molecule has 0 radical (unpaired) electrons. The van der Waals surface area contributed by atoms with E-state index in [2.05, 4.69) is 25.5 Å². The fraction of sp³-hybridized carbons (Fsp3) is 0.179. The van der Waals surface area contributed by atoms with Crippen molar-refractivity contribution in [1.82, 2.24) is 35.0 Å². The van der Waals surface area contributed by atoms with Gasteiger partial charge in [-0.15, -0.1) is 10.2 Å². The third-order valence-corrected chi connectivity index (χ3v) is 6.57. The van der Waals surface area contributed by atoms with Crippen LogP contribution in [0.15, 0.2) is 84.0 Å². The zero-order chi connectivity index (χ0) is 25.2. The number of hydrogen-bond donors (Lipinski definition) is 1. The number of hydrogen-bond acceptors (Lipinski definition) is 7. The molecule has 6 rings (SSSR count). The van der Waals surface area contributed by atoms with E-state index < -0.39 is 6.04 Å². The van der Waals surface area contributed by atoms with Crippen LogP contribution >= 0.6 is 0 Å². The summed E-state index contributed by atoms with van der Waals surface area (Å²) in [6.45, 7) is 0.544. The molecule has 4 heterocycles. The predicted molar refractivity (Wildman–Crippen MR) is 139 cm³/mol. The Hall–Kier alpha value is -4.79. The Bertz CT molecular complexity index is 1650. The zero-order valence-corrected chi connectivity index (χ0v) is 19.9. The third-order valence-electron chi connectivity index (χ3n) is 6.57. The lowest BCUT2D eigenvalue weighted by Crippen LogP contribution is -2.34. The second kappa shape index (κ2) is 9.69. The first kappa shape index (κ1) is 22.7. The number of amides is 1. The molecule has 1 aliphatic heterocycles. The van der Waals surface area contributed by atoms with E-state index >= 15 is 0 Å². The summed E-state index contributed by atoms with van der Waals surface area (Å²) < 4.78 is 1.65. The Morgan fingerprint density at radius 1 is 0.946 bits per heavy atom. The van der Waals surface area contributed by atoms with E-state index in [9.17, 15) is 9.59 Å². The van der Waals surface area contributed by atoms with Crippen LogP contribution in [-0.2, 0) is 6.54 Å². The summed E-state index contributed by atoms with van der Waals surface area (Å²) in [5.74, 6) is 0.152. The number of benzene rings is 2. The summed E-state index contributed by atoms with van der Waals surface area (Å²) in [4.78, 5) is 39.8. The minimum absolute atomic E-state index is 0.171. The van der Waals surface area contributed by atoms with Crippen LogP contribution in [0.25, 0.3) is 33.4 Å². The molecule has 1 atom stereocenters. The minimum atomic E-state index is -0.471. The van der Waals surface area contributed by atoms with Gasteiger partial charge in [-0.05, 0) is 37.0 Å². The second-order valence-corrected chi connectivity index (χ2v) is 8.91. The Morgan fingerprint density at radius 2 is 1.78 bits per heavy atom. The lowest BCUT2D eigenvalue weighted by atomic mass is 9.98. The van der Waals surface area contributed by atoms with E-state index in [0.717, 1.165) is 29.4 Å². The molecule has 9 nitrogen and oxygen atoms in total. The number of aromatic nitrogens is 6. The summed E-state index contributed by atoms with van der Waals surface area (Å²) in [7, 11) is 0. The van der Waals surface area contributed by atoms with Crippen LogP contribution in [0, 0.1) is 0 Å². The van der Waals surface area contributed by atoms with Crippen LogP contribution in [0.3, 0.4) is 0 Å². The minimum Gasteiger partial charge on any atom is -0.341 e. The summed E-state index contributed by atoms with van der Waals surface area (Å²) in [5, 5.41) is 12.6. The van der Waals surface area contributed by atoms with Crippen molar-refractivity contribution in [3.8, 4) is 22.5 Å². The van der Waals surface area contributed by atoms with Crippen LogP contribution in [0.2, 0.25) is 0 Å². The molecule has 0 aliphatic carbocycles. The first-order valence-electron chi connectivity index (χ1n) is 12.2. The molecule has 0 saturated carbocycles. The molecule has 37 heavy (non-hydrogen) atoms. The number of carbonyl (C=O) groups is 1. The summed E-state index contributed by atoms with van der Waals surface area (Å²) in [6, 6.07) is 20.1. The largest absolute Gasteiger partial charge is 0.341 e. The molecule has 1 aliphatic rings. The molecule has 1 amide bonds. The molecule has 5 aromatic rings. The maximum absolute atomic E-state index is 13.8. The first-order chi connectivity index (χ1) is 18.2. The van der Waals surface area contributed by atoms with Crippen molar-refractivity contribution in [2.45, 2.75) is 31.8 Å². The van der Waals surface area contributed by atoms with Crippen molar-refractivity contribution >= 4 is 16.8 Å². The summed E-state index contributed by atoms with van der Waals surface area (Å²) >= 11 is 0. The van der Waals surface area contributed by atoms with E-state index in [-0.39, 0.29) is 17.2 Å². The highest BCUT2D eigenvalue weighted by molar-refractivity contribution is 6.07. The lowest BCUT2D eigenvalue weighted by molar-refractivity contribution is 0.0927. The van der Waals surface area contributed by atoms with E-state index in [0.29, 0.717) is 35.7 Å². The van der Waals surface area contributed by atoms with Gasteiger partial charge >= 0.3 is 0 Å². The second-order valence-electron chi connectivity index (χ2n) is 8.91. The van der Waals surface area contributed by atoms with E-state index in [4.69, 9.17) is 4.98 Å². The van der Waals surface area contributed by atoms with Gasteiger partial charge < -0.3 is 5.32 Å². The van der Waals surface area contributed by atoms with Gasteiger partial charge in [0.25, 0.3) is 11.5 Å². The topological polar surface area (TPSA) is 116 Å². The maximum Gasteiger partial charge on any atom is 0.273 e. The fourth-order valence-electron chi connectivity index (χ4n) is 4.81. The Morgan fingerprint density at radius 3 is 2.62 bits per heavy atom. The number of nitrogens with zero attached hydrogens (tertiary/aromatic N) is 6. The lowest BCUT2D eigenvalue weighted by Gasteiger charge is -2.20. The Kier molecular flexibility index (Phi) is 5.94. The third kappa shape index (κ3) is 4.35. The van der Waals surface area contributed by atoms with Crippen molar-refractivity contribution in [3.63, 3.8) is 0 Å². The van der Waals surface area contributed by atoms with Crippen molar-refractivity contribution in [2.75, 3.05) is 0 Å². The van der Waals surface area contributed by atoms with Gasteiger partial charge in [0.2, 0.25) is 0 Å². The maximum atomic E-state index is 13.8. The Balaban J connectivity index is 1.43. The van der Waals surface area contributed by atoms with Gasteiger partial charge in [-0.3, -0.25) is 14.2 Å². The highest BCUT2D eigenvalue weighted by atomic mass is 16.2. The zero-order valence-electron chi connectivity index (χ0n) is 19.9. The summed E-state index contributed by atoms with van der Waals surface area (Å²) in [6.07, 6.45) is 5.33. The van der Waals surface area contributed by atoms with Crippen LogP contribution < -0.4 is 10.9 Å². The number of carbonyl (C=O) groups excluding carboxylic acids is 1. The molecule has 0 unspecified atom stereocenters. The van der Waals surface area contributed by atoms with Gasteiger partial charge in [0.15, 0.2) is 5.69 Å². The first-order valence-corrected chi connectivity index (χ1v) is 12.2. The smallest absolute Gasteiger partial charge is 0.273 e. The molecule has 2 aromatic carbocycles. The van der Waals surface area contributed by atoms with Crippen LogP contribution in [-0.4, -0.2) is 35.6 Å². The van der Waals surface area contributed by atoms with Gasteiger partial charge in [0.1, 0.15) is 12.2 Å². The SMILES string of the molecule is O=C(N[C@H]1CCCCn2c1nc(-c1ccncn1)cc2=O)c1nnc2ccccc2c1-c1ccccc1. The molecule has 9 heteroatoms. The van der Waals surface area contributed by atoms with Crippen molar-refractivity contribution in [2.24, 2.45) is 0 Å². The van der Waals surface area contributed by atoms with Crippen molar-refractivity contribution < 1.29 is 4.79 Å². The highest BCUT2D eigenvalue weighted by Crippen LogP contribution is 2.31. The highest BCUT2D eigenvalue weighted by Gasteiger charge is 2.27. The van der Waals surface area contributed by atoms with Crippen LogP contribution in [0.1, 0.15) is 41.6 Å². The van der Waals surface area contributed by atoms with Crippen molar-refractivity contribution in [1.29, 1.82) is 0 Å². The van der Waals surface area contributed by atoms with Crippen molar-refractivity contribution in [3.05, 3.63) is 101 Å². The number of rotatable bonds is 4. The van der Waals surface area contributed by atoms with E-state index in [1.807, 2.05) is 54.6 Å². The molecule has 182 valence electrons. The molecular formula is C28H23N7O2. The molecule has 3 aromatic heterocycles. The fourth-order valence-corrected chi connectivity index (χ4v) is 4.81. The van der Waals surface area contributed by atoms with Gasteiger partial charge in [0.05, 0.1) is 22.9 Å². The average Bonchev–Trinajstić information content (AvgIpc) is 3.15. The van der Waals surface area contributed by atoms with Gasteiger partial charge in [-0.2, -0.15) is 0 Å². The predicted octanol–water partition coefficient (Wildman–Crippen LogP) is 3.97. The monoisotopic (exact) mass is 489 g/mol. The van der Waals surface area contributed by atoms with E-state index in [1.165, 1.54) is 12.4 Å². The standard InChI is InChI=1S/C28H23N7O2/c36-24-16-23(21-13-14-29-17-30-21)31-27-22(12-6-7-15-35(24)27)32-28(37)26-25(18-8-2-1-3-9-18)19-10-4-5-11-20(19)33-34-26/h1-5,8-11,13-14,16-17,22H,6-7,12,15H2,(H,32,37)/t22-/m0/s1. The molecule has 0 bridgehead atoms. The molecule has 0 spiro atoms. The molecular weight excluding hydrogens is 466 g/mol. The van der Waals surface area contributed by atoms with Crippen LogP contribution in [0.5, 0.6) is 0 Å². The van der Waals surface area contributed by atoms with Gasteiger partial charge in [-0.25, -0.2) is 15.0 Å². The molecule has 0 saturated heterocycles. The quantitative estimate of drug-likeness (QED) is 0.406. The van der Waals surface area contributed by atoms with E-state index in [1.54, 1.807) is 16.8 Å². The van der Waals surface area contributed by atoms with Crippen LogP contribution in [0.4, 0.5) is 0 Å². The van der Waals surface area contributed by atoms with Gasteiger partial charge in [0, 0.05) is 29.8 Å². The Labute approximate surface area is 212 Å². The molecule has 0 fully saturated rings.